The van der Waals surface area contributed by atoms with E-state index in [4.69, 9.17) is 5.73 Å². The predicted molar refractivity (Wildman–Crippen MR) is 68.2 cm³/mol. The summed E-state index contributed by atoms with van der Waals surface area (Å²) < 4.78 is 0. The summed E-state index contributed by atoms with van der Waals surface area (Å²) in [6.45, 7) is 4.07. The van der Waals surface area contributed by atoms with Gasteiger partial charge in [-0.3, -0.25) is 4.90 Å². The van der Waals surface area contributed by atoms with Crippen molar-refractivity contribution >= 4 is 0 Å². The highest BCUT2D eigenvalue weighted by atomic mass is 15.1. The van der Waals surface area contributed by atoms with Crippen LogP contribution in [0.5, 0.6) is 0 Å². The second-order valence-electron chi connectivity index (χ2n) is 4.98. The zero-order valence-electron chi connectivity index (χ0n) is 10.3. The van der Waals surface area contributed by atoms with Crippen LogP contribution in [0.4, 0.5) is 0 Å². The molecule has 2 atom stereocenters. The van der Waals surface area contributed by atoms with Gasteiger partial charge in [-0.1, -0.05) is 24.3 Å². The maximum absolute atomic E-state index is 5.76. The van der Waals surface area contributed by atoms with Gasteiger partial charge in [0, 0.05) is 12.6 Å². The minimum absolute atomic E-state index is 0.699. The van der Waals surface area contributed by atoms with Gasteiger partial charge < -0.3 is 5.73 Å². The Morgan fingerprint density at radius 1 is 1.31 bits per heavy atom. The molecule has 0 radical (unpaired) electrons. The van der Waals surface area contributed by atoms with Crippen molar-refractivity contribution in [3.05, 3.63) is 35.4 Å². The van der Waals surface area contributed by atoms with Crippen LogP contribution >= 0.6 is 0 Å². The second kappa shape index (κ2) is 4.98. The lowest BCUT2D eigenvalue weighted by Gasteiger charge is -2.42. The highest BCUT2D eigenvalue weighted by Gasteiger charge is 2.32. The van der Waals surface area contributed by atoms with Crippen molar-refractivity contribution in [2.75, 3.05) is 13.6 Å². The minimum atomic E-state index is 0.699. The Bertz CT molecular complexity index is 346. The van der Waals surface area contributed by atoms with Crippen LogP contribution in [-0.4, -0.2) is 24.5 Å². The molecule has 1 aliphatic rings. The van der Waals surface area contributed by atoms with Crippen LogP contribution in [0, 0.1) is 12.8 Å². The smallest absolute Gasteiger partial charge is 0.0236 e. The molecule has 0 amide bonds. The van der Waals surface area contributed by atoms with Crippen LogP contribution in [0.2, 0.25) is 0 Å². The molecule has 0 saturated heterocycles. The molecule has 2 heteroatoms. The van der Waals surface area contributed by atoms with Crippen LogP contribution in [0.25, 0.3) is 0 Å². The molecule has 1 aromatic carbocycles. The van der Waals surface area contributed by atoms with Gasteiger partial charge in [0.05, 0.1) is 0 Å². The molecule has 0 aliphatic heterocycles. The average molecular weight is 218 g/mol. The maximum atomic E-state index is 5.76. The van der Waals surface area contributed by atoms with E-state index >= 15 is 0 Å². The van der Waals surface area contributed by atoms with Crippen molar-refractivity contribution in [1.82, 2.24) is 4.90 Å². The van der Waals surface area contributed by atoms with Crippen molar-refractivity contribution in [2.24, 2.45) is 11.7 Å². The summed E-state index contributed by atoms with van der Waals surface area (Å²) >= 11 is 0. The fourth-order valence-corrected chi connectivity index (χ4v) is 2.58. The molecule has 1 saturated carbocycles. The van der Waals surface area contributed by atoms with Gasteiger partial charge in [-0.25, -0.2) is 0 Å². The zero-order valence-corrected chi connectivity index (χ0v) is 10.3. The summed E-state index contributed by atoms with van der Waals surface area (Å²) in [7, 11) is 2.22. The lowest BCUT2D eigenvalue weighted by Crippen LogP contribution is -2.47. The molecular formula is C14H22N2. The molecule has 88 valence electrons. The fraction of sp³-hybridized carbons (Fsp3) is 0.571. The first-order valence-electron chi connectivity index (χ1n) is 6.17. The van der Waals surface area contributed by atoms with Crippen LogP contribution in [0.15, 0.2) is 24.3 Å². The number of rotatable bonds is 4. The number of nitrogens with zero attached hydrogens (tertiary/aromatic N) is 1. The van der Waals surface area contributed by atoms with Gasteiger partial charge in [0.15, 0.2) is 0 Å². The normalized spacial score (nSPS) is 24.5. The molecule has 0 heterocycles. The first-order valence-corrected chi connectivity index (χ1v) is 6.17. The fourth-order valence-electron chi connectivity index (χ4n) is 2.58. The van der Waals surface area contributed by atoms with E-state index in [1.807, 2.05) is 0 Å². The van der Waals surface area contributed by atoms with E-state index in [1.54, 1.807) is 0 Å². The van der Waals surface area contributed by atoms with E-state index in [1.165, 1.54) is 24.0 Å². The Balaban J connectivity index is 1.97. The summed E-state index contributed by atoms with van der Waals surface area (Å²) in [6, 6.07) is 9.33. The summed E-state index contributed by atoms with van der Waals surface area (Å²) in [4.78, 5) is 2.46. The first kappa shape index (κ1) is 11.6. The van der Waals surface area contributed by atoms with Crippen molar-refractivity contribution in [3.8, 4) is 0 Å². The Hall–Kier alpha value is -0.860. The molecule has 0 aromatic heterocycles. The van der Waals surface area contributed by atoms with Crippen molar-refractivity contribution in [1.29, 1.82) is 0 Å². The van der Waals surface area contributed by atoms with E-state index in [2.05, 4.69) is 43.1 Å². The number of hydrogen-bond acceptors (Lipinski definition) is 2. The van der Waals surface area contributed by atoms with E-state index < -0.39 is 0 Å². The minimum Gasteiger partial charge on any atom is -0.330 e. The monoisotopic (exact) mass is 218 g/mol. The summed E-state index contributed by atoms with van der Waals surface area (Å²) in [5.41, 5.74) is 8.58. The molecule has 1 fully saturated rings. The second-order valence-corrected chi connectivity index (χ2v) is 4.98. The van der Waals surface area contributed by atoms with E-state index in [0.29, 0.717) is 12.0 Å². The third-order valence-electron chi connectivity index (χ3n) is 3.93. The van der Waals surface area contributed by atoms with Crippen molar-refractivity contribution in [2.45, 2.75) is 32.4 Å². The molecule has 1 aliphatic carbocycles. The van der Waals surface area contributed by atoms with Crippen LogP contribution < -0.4 is 5.73 Å². The third-order valence-corrected chi connectivity index (χ3v) is 3.93. The Kier molecular flexibility index (Phi) is 3.62. The molecule has 2 nitrogen and oxygen atoms in total. The van der Waals surface area contributed by atoms with Gasteiger partial charge in [0.2, 0.25) is 0 Å². The largest absolute Gasteiger partial charge is 0.330 e. The highest BCUT2D eigenvalue weighted by molar-refractivity contribution is 5.25. The van der Waals surface area contributed by atoms with Crippen LogP contribution in [0.1, 0.15) is 24.0 Å². The van der Waals surface area contributed by atoms with Gasteiger partial charge >= 0.3 is 0 Å². The molecule has 16 heavy (non-hydrogen) atoms. The van der Waals surface area contributed by atoms with E-state index in [9.17, 15) is 0 Å². The molecule has 0 bridgehead atoms. The lowest BCUT2D eigenvalue weighted by atomic mass is 9.78. The van der Waals surface area contributed by atoms with Gasteiger partial charge in [0.25, 0.3) is 0 Å². The topological polar surface area (TPSA) is 29.3 Å². The van der Waals surface area contributed by atoms with E-state index in [0.717, 1.165) is 13.1 Å². The van der Waals surface area contributed by atoms with Gasteiger partial charge in [-0.05, 0) is 50.4 Å². The summed E-state index contributed by atoms with van der Waals surface area (Å²) in [5, 5.41) is 0. The van der Waals surface area contributed by atoms with Gasteiger partial charge in [-0.2, -0.15) is 0 Å². The van der Waals surface area contributed by atoms with Crippen molar-refractivity contribution < 1.29 is 0 Å². The number of benzene rings is 1. The average Bonchev–Trinajstić information content (AvgIpc) is 2.20. The highest BCUT2D eigenvalue weighted by Crippen LogP contribution is 2.31. The van der Waals surface area contributed by atoms with Gasteiger partial charge in [0.1, 0.15) is 0 Å². The SMILES string of the molecule is Cc1ccccc1CN(C)C1CCC1CN. The molecular weight excluding hydrogens is 196 g/mol. The van der Waals surface area contributed by atoms with Gasteiger partial charge in [-0.15, -0.1) is 0 Å². The molecule has 2 unspecified atom stereocenters. The van der Waals surface area contributed by atoms with Crippen LogP contribution in [0.3, 0.4) is 0 Å². The molecule has 2 rings (SSSR count). The summed E-state index contributed by atoms with van der Waals surface area (Å²) in [5.74, 6) is 0.717. The zero-order chi connectivity index (χ0) is 11.5. The van der Waals surface area contributed by atoms with Crippen molar-refractivity contribution in [3.63, 3.8) is 0 Å². The van der Waals surface area contributed by atoms with E-state index in [-0.39, 0.29) is 0 Å². The maximum Gasteiger partial charge on any atom is 0.0236 e. The predicted octanol–water partition coefficient (Wildman–Crippen LogP) is 2.16. The van der Waals surface area contributed by atoms with Crippen LogP contribution in [-0.2, 0) is 6.54 Å². The standard InChI is InChI=1S/C14H22N2/c1-11-5-3-4-6-13(11)10-16(2)14-8-7-12(14)9-15/h3-6,12,14H,7-10,15H2,1-2H3. The molecule has 1 aromatic rings. The Morgan fingerprint density at radius 3 is 2.62 bits per heavy atom. The third kappa shape index (κ3) is 2.28. The lowest BCUT2D eigenvalue weighted by molar-refractivity contribution is 0.0836. The quantitative estimate of drug-likeness (QED) is 0.839. The molecule has 2 N–H and O–H groups in total. The molecule has 0 spiro atoms. The number of hydrogen-bond donors (Lipinski definition) is 1. The Labute approximate surface area is 98.4 Å². The first-order chi connectivity index (χ1) is 7.72. The number of nitrogens with two attached hydrogens (primary N) is 1. The number of aryl methyl sites for hydroxylation is 1. The Morgan fingerprint density at radius 2 is 2.06 bits per heavy atom. The summed E-state index contributed by atoms with van der Waals surface area (Å²) in [6.07, 6.45) is 2.61.